The molecule has 0 bridgehead atoms. The minimum Gasteiger partial charge on any atom is -0.515 e. The van der Waals surface area contributed by atoms with Gasteiger partial charge in [-0.3, -0.25) is 9.59 Å². The van der Waals surface area contributed by atoms with Gasteiger partial charge in [0.1, 0.15) is 11.6 Å². The fraction of sp³-hybridized carbons (Fsp3) is 0.552. The SMILES string of the molecule is CC(C)(C)c1cc(NC(=O)CC[C@@H]2/C(=C/O)C(=O)[C@@]3(C)CCC4c5cccc(F)c5CCC4C23)no1. The van der Waals surface area contributed by atoms with Crippen LogP contribution in [0.4, 0.5) is 10.2 Å². The minimum absolute atomic E-state index is 0.00443. The summed E-state index contributed by atoms with van der Waals surface area (Å²) in [4.78, 5) is 26.3. The largest absolute Gasteiger partial charge is 0.515 e. The van der Waals surface area contributed by atoms with Crippen molar-refractivity contribution in [3.8, 4) is 0 Å². The molecule has 0 saturated heterocycles. The predicted octanol–water partition coefficient (Wildman–Crippen LogP) is 6.23. The summed E-state index contributed by atoms with van der Waals surface area (Å²) >= 11 is 0. The van der Waals surface area contributed by atoms with E-state index in [0.29, 0.717) is 36.4 Å². The molecule has 3 aliphatic rings. The zero-order chi connectivity index (χ0) is 25.8. The molecule has 5 rings (SSSR count). The van der Waals surface area contributed by atoms with Gasteiger partial charge in [0.2, 0.25) is 5.91 Å². The number of allylic oxidation sites excluding steroid dienone is 1. The maximum atomic E-state index is 14.5. The van der Waals surface area contributed by atoms with Crippen LogP contribution in [0.25, 0.3) is 0 Å². The van der Waals surface area contributed by atoms with Crippen LogP contribution in [0.2, 0.25) is 0 Å². The standard InChI is InChI=1S/C29H35FN2O4/c1-28(2,3)23-14-24(32-36-23)31-25(34)11-10-20-21(15-33)27(35)29(4)13-12-17-16-6-5-7-22(30)18(16)8-9-19(17)26(20)29/h5-7,14-15,17,19-20,26,33H,8-13H2,1-4H3,(H,31,32,34)/b21-15-/t17?,19?,20-,26?,29+/m1/s1. The van der Waals surface area contributed by atoms with Gasteiger partial charge < -0.3 is 14.9 Å². The summed E-state index contributed by atoms with van der Waals surface area (Å²) in [7, 11) is 0. The minimum atomic E-state index is -0.574. The van der Waals surface area contributed by atoms with Gasteiger partial charge in [0, 0.05) is 28.9 Å². The van der Waals surface area contributed by atoms with Crippen LogP contribution in [0.15, 0.2) is 40.6 Å². The lowest BCUT2D eigenvalue weighted by molar-refractivity contribution is -0.127. The second-order valence-electron chi connectivity index (χ2n) is 12.0. The molecule has 3 aliphatic carbocycles. The average Bonchev–Trinajstić information content (AvgIpc) is 3.38. The van der Waals surface area contributed by atoms with Gasteiger partial charge in [0.05, 0.1) is 6.26 Å². The Labute approximate surface area is 211 Å². The lowest BCUT2D eigenvalue weighted by Gasteiger charge is -2.49. The van der Waals surface area contributed by atoms with Crippen molar-refractivity contribution in [1.82, 2.24) is 5.16 Å². The fourth-order valence-corrected chi connectivity index (χ4v) is 7.19. The van der Waals surface area contributed by atoms with E-state index in [1.54, 1.807) is 12.1 Å². The molecular weight excluding hydrogens is 459 g/mol. The number of Topliss-reactive ketones (excluding diaryl/α,β-unsaturated/α-hetero) is 1. The van der Waals surface area contributed by atoms with Crippen LogP contribution < -0.4 is 5.32 Å². The van der Waals surface area contributed by atoms with E-state index in [2.05, 4.69) is 10.5 Å². The number of hydrogen-bond acceptors (Lipinski definition) is 5. The van der Waals surface area contributed by atoms with Crippen molar-refractivity contribution in [2.45, 2.75) is 77.6 Å². The number of carbonyl (C=O) groups is 2. The molecule has 0 spiro atoms. The highest BCUT2D eigenvalue weighted by Crippen LogP contribution is 2.63. The summed E-state index contributed by atoms with van der Waals surface area (Å²) in [6, 6.07) is 7.07. The smallest absolute Gasteiger partial charge is 0.225 e. The third-order valence-corrected chi connectivity index (χ3v) is 8.92. The molecule has 192 valence electrons. The second kappa shape index (κ2) is 8.86. The maximum Gasteiger partial charge on any atom is 0.225 e. The summed E-state index contributed by atoms with van der Waals surface area (Å²) in [5.41, 5.74) is 1.51. The highest BCUT2D eigenvalue weighted by atomic mass is 19.1. The number of aliphatic hydroxyl groups excluding tert-OH is 1. The average molecular weight is 495 g/mol. The van der Waals surface area contributed by atoms with E-state index in [4.69, 9.17) is 4.52 Å². The quantitative estimate of drug-likeness (QED) is 0.388. The van der Waals surface area contributed by atoms with Crippen LogP contribution in [0.3, 0.4) is 0 Å². The van der Waals surface area contributed by atoms with Gasteiger partial charge in [-0.1, -0.05) is 45.0 Å². The van der Waals surface area contributed by atoms with Crippen LogP contribution in [0.1, 0.15) is 82.6 Å². The Bertz CT molecular complexity index is 1230. The van der Waals surface area contributed by atoms with Crippen LogP contribution in [0, 0.1) is 29.0 Å². The molecule has 2 N–H and O–H groups in total. The number of aromatic nitrogens is 1. The number of halogens is 1. The van der Waals surface area contributed by atoms with E-state index in [-0.39, 0.29) is 53.0 Å². The van der Waals surface area contributed by atoms with Gasteiger partial charge in [-0.2, -0.15) is 0 Å². The number of nitrogens with zero attached hydrogens (tertiary/aromatic N) is 1. The number of hydrogen-bond donors (Lipinski definition) is 2. The Kier molecular flexibility index (Phi) is 6.08. The monoisotopic (exact) mass is 494 g/mol. The molecule has 1 amide bonds. The van der Waals surface area contributed by atoms with E-state index in [0.717, 1.165) is 30.2 Å². The van der Waals surface area contributed by atoms with Crippen molar-refractivity contribution >= 4 is 17.5 Å². The Morgan fingerprint density at radius 1 is 1.33 bits per heavy atom. The van der Waals surface area contributed by atoms with Gasteiger partial charge in [0.15, 0.2) is 11.6 Å². The summed E-state index contributed by atoms with van der Waals surface area (Å²) in [6.07, 6.45) is 4.60. The first-order valence-corrected chi connectivity index (χ1v) is 13.0. The van der Waals surface area contributed by atoms with E-state index >= 15 is 0 Å². The summed E-state index contributed by atoms with van der Waals surface area (Å²) in [6.45, 7) is 8.03. The first-order chi connectivity index (χ1) is 17.0. The molecule has 5 atom stereocenters. The molecule has 0 radical (unpaired) electrons. The molecule has 36 heavy (non-hydrogen) atoms. The van der Waals surface area contributed by atoms with Crippen molar-refractivity contribution < 1.29 is 23.6 Å². The van der Waals surface area contributed by atoms with Gasteiger partial charge in [0.25, 0.3) is 0 Å². The summed E-state index contributed by atoms with van der Waals surface area (Å²) in [5.74, 6) is 0.887. The van der Waals surface area contributed by atoms with Crippen molar-refractivity contribution in [2.24, 2.45) is 23.2 Å². The van der Waals surface area contributed by atoms with Gasteiger partial charge >= 0.3 is 0 Å². The molecule has 0 aliphatic heterocycles. The predicted molar refractivity (Wildman–Crippen MR) is 134 cm³/mol. The third-order valence-electron chi connectivity index (χ3n) is 8.92. The van der Waals surface area contributed by atoms with Gasteiger partial charge in [-0.15, -0.1) is 0 Å². The van der Waals surface area contributed by atoms with E-state index in [1.807, 2.05) is 33.8 Å². The number of fused-ring (bicyclic) bond motifs is 5. The topological polar surface area (TPSA) is 92.4 Å². The van der Waals surface area contributed by atoms with E-state index in [9.17, 15) is 19.1 Å². The summed E-state index contributed by atoms with van der Waals surface area (Å²) in [5, 5.41) is 16.9. The van der Waals surface area contributed by atoms with Gasteiger partial charge in [-0.25, -0.2) is 4.39 Å². The van der Waals surface area contributed by atoms with Crippen molar-refractivity contribution in [2.75, 3.05) is 5.32 Å². The highest BCUT2D eigenvalue weighted by molar-refractivity contribution is 6.03. The molecule has 3 unspecified atom stereocenters. The molecule has 1 aromatic heterocycles. The van der Waals surface area contributed by atoms with Gasteiger partial charge in [-0.05, 0) is 73.0 Å². The zero-order valence-corrected chi connectivity index (χ0v) is 21.4. The number of aliphatic hydroxyl groups is 1. The number of rotatable bonds is 4. The lowest BCUT2D eigenvalue weighted by atomic mass is 9.54. The van der Waals surface area contributed by atoms with Crippen molar-refractivity contribution in [1.29, 1.82) is 0 Å². The van der Waals surface area contributed by atoms with Crippen LogP contribution in [-0.2, 0) is 21.4 Å². The number of carbonyl (C=O) groups excluding carboxylic acids is 2. The Hall–Kier alpha value is -2.96. The summed E-state index contributed by atoms with van der Waals surface area (Å²) < 4.78 is 19.9. The number of benzene rings is 1. The first-order valence-electron chi connectivity index (χ1n) is 13.0. The maximum absolute atomic E-state index is 14.5. The van der Waals surface area contributed by atoms with E-state index in [1.165, 1.54) is 6.07 Å². The zero-order valence-electron chi connectivity index (χ0n) is 21.4. The molecule has 7 heteroatoms. The second-order valence-corrected chi connectivity index (χ2v) is 12.0. The molecule has 6 nitrogen and oxygen atoms in total. The number of amides is 1. The third kappa shape index (κ3) is 3.97. The van der Waals surface area contributed by atoms with Crippen molar-refractivity contribution in [3.63, 3.8) is 0 Å². The Morgan fingerprint density at radius 3 is 2.81 bits per heavy atom. The fourth-order valence-electron chi connectivity index (χ4n) is 7.19. The molecule has 1 heterocycles. The highest BCUT2D eigenvalue weighted by Gasteiger charge is 2.60. The van der Waals surface area contributed by atoms with E-state index < -0.39 is 5.41 Å². The Morgan fingerprint density at radius 2 is 2.11 bits per heavy atom. The lowest BCUT2D eigenvalue weighted by Crippen LogP contribution is -2.44. The first kappa shape index (κ1) is 24.7. The number of anilines is 1. The molecule has 2 aromatic rings. The molecular formula is C29H35FN2O4. The molecule has 1 aromatic carbocycles. The number of ketones is 1. The molecule has 2 fully saturated rings. The number of nitrogens with one attached hydrogen (secondary N) is 1. The Balaban J connectivity index is 1.37. The normalized spacial score (nSPS) is 30.6. The van der Waals surface area contributed by atoms with Crippen molar-refractivity contribution in [3.05, 3.63) is 58.8 Å². The van der Waals surface area contributed by atoms with Crippen LogP contribution in [-0.4, -0.2) is 22.0 Å². The molecule has 2 saturated carbocycles. The van der Waals surface area contributed by atoms with Crippen LogP contribution in [0.5, 0.6) is 0 Å². The van der Waals surface area contributed by atoms with Crippen LogP contribution >= 0.6 is 0 Å².